The molecule has 0 heterocycles. The third kappa shape index (κ3) is 8.80. The van der Waals surface area contributed by atoms with Crippen molar-refractivity contribution >= 4 is 29.7 Å². The van der Waals surface area contributed by atoms with E-state index in [2.05, 4.69) is 16.0 Å². The van der Waals surface area contributed by atoms with Crippen LogP contribution in [0.3, 0.4) is 0 Å². The summed E-state index contributed by atoms with van der Waals surface area (Å²) in [6, 6.07) is -3.47. The van der Waals surface area contributed by atoms with Gasteiger partial charge in [0.2, 0.25) is 17.7 Å². The number of carbonyl (C=O) groups is 5. The number of aliphatic carboxylic acids is 2. The second-order valence-corrected chi connectivity index (χ2v) is 7.06. The lowest BCUT2D eigenvalue weighted by atomic mass is 10.0. The van der Waals surface area contributed by atoms with Crippen molar-refractivity contribution in [1.29, 1.82) is 0 Å². The van der Waals surface area contributed by atoms with Crippen molar-refractivity contribution in [3.8, 4) is 0 Å². The molecule has 3 unspecified atom stereocenters. The van der Waals surface area contributed by atoms with Gasteiger partial charge in [0.05, 0.1) is 6.54 Å². The van der Waals surface area contributed by atoms with Gasteiger partial charge in [-0.05, 0) is 18.3 Å². The molecule has 0 aliphatic heterocycles. The number of amides is 3. The van der Waals surface area contributed by atoms with Crippen molar-refractivity contribution in [2.24, 2.45) is 17.6 Å². The number of hydrogen-bond acceptors (Lipinski definition) is 6. The van der Waals surface area contributed by atoms with E-state index < -0.39 is 60.1 Å². The third-order valence-electron chi connectivity index (χ3n) is 3.96. The van der Waals surface area contributed by atoms with E-state index in [9.17, 15) is 29.1 Å². The van der Waals surface area contributed by atoms with Crippen LogP contribution >= 0.6 is 0 Å². The molecule has 160 valence electrons. The molecule has 0 aromatic rings. The maximum atomic E-state index is 12.5. The minimum atomic E-state index is -1.28. The first-order chi connectivity index (χ1) is 12.9. The summed E-state index contributed by atoms with van der Waals surface area (Å²) in [5, 5.41) is 25.2. The average Bonchev–Trinajstić information content (AvgIpc) is 2.59. The molecule has 7 N–H and O–H groups in total. The molecule has 0 aliphatic rings. The number of rotatable bonds is 12. The Hall–Kier alpha value is -2.69. The van der Waals surface area contributed by atoms with Gasteiger partial charge in [0.1, 0.15) is 18.1 Å². The van der Waals surface area contributed by atoms with Crippen LogP contribution in [0.4, 0.5) is 0 Å². The Bertz CT molecular complexity index is 592. The fourth-order valence-corrected chi connectivity index (χ4v) is 2.33. The van der Waals surface area contributed by atoms with Crippen LogP contribution < -0.4 is 21.7 Å². The van der Waals surface area contributed by atoms with Crippen LogP contribution in [-0.2, 0) is 24.0 Å². The maximum Gasteiger partial charge on any atom is 0.326 e. The van der Waals surface area contributed by atoms with Crippen molar-refractivity contribution in [2.45, 2.75) is 58.7 Å². The van der Waals surface area contributed by atoms with Gasteiger partial charge in [0.15, 0.2) is 0 Å². The maximum absolute atomic E-state index is 12.5. The number of carboxylic acid groups (broad SMARTS) is 2. The largest absolute Gasteiger partial charge is 0.481 e. The quantitative estimate of drug-likeness (QED) is 0.231. The lowest BCUT2D eigenvalue weighted by Crippen LogP contribution is -2.58. The topological polar surface area (TPSA) is 188 Å². The zero-order valence-electron chi connectivity index (χ0n) is 16.5. The zero-order valence-corrected chi connectivity index (χ0v) is 16.5. The molecule has 11 heteroatoms. The molecular formula is C17H30N4O7. The van der Waals surface area contributed by atoms with Crippen molar-refractivity contribution in [3.63, 3.8) is 0 Å². The normalized spacial score (nSPS) is 14.1. The molecule has 0 rings (SSSR count). The number of hydrogen-bond donors (Lipinski definition) is 6. The summed E-state index contributed by atoms with van der Waals surface area (Å²) in [5.41, 5.74) is 5.23. The molecule has 0 saturated carbocycles. The molecule has 28 heavy (non-hydrogen) atoms. The first-order valence-electron chi connectivity index (χ1n) is 8.95. The van der Waals surface area contributed by atoms with Crippen LogP contribution in [0.1, 0.15) is 40.5 Å². The summed E-state index contributed by atoms with van der Waals surface area (Å²) in [6.07, 6.45) is -0.660. The van der Waals surface area contributed by atoms with Gasteiger partial charge >= 0.3 is 11.9 Å². The van der Waals surface area contributed by atoms with Gasteiger partial charge in [-0.1, -0.05) is 27.7 Å². The summed E-state index contributed by atoms with van der Waals surface area (Å²) in [4.78, 5) is 58.7. The highest BCUT2D eigenvalue weighted by Crippen LogP contribution is 2.07. The Morgan fingerprint density at radius 2 is 1.36 bits per heavy atom. The highest BCUT2D eigenvalue weighted by atomic mass is 16.4. The van der Waals surface area contributed by atoms with E-state index in [1.165, 1.54) is 0 Å². The van der Waals surface area contributed by atoms with Crippen LogP contribution in [-0.4, -0.2) is 64.5 Å². The van der Waals surface area contributed by atoms with Crippen LogP contribution in [0.5, 0.6) is 0 Å². The Kier molecular flexibility index (Phi) is 10.8. The van der Waals surface area contributed by atoms with Gasteiger partial charge in [-0.15, -0.1) is 0 Å². The minimum absolute atomic E-state index is 0.243. The lowest BCUT2D eigenvalue weighted by molar-refractivity contribution is -0.144. The highest BCUT2D eigenvalue weighted by Gasteiger charge is 2.31. The zero-order chi connectivity index (χ0) is 22.0. The van der Waals surface area contributed by atoms with E-state index in [1.807, 2.05) is 0 Å². The van der Waals surface area contributed by atoms with Crippen molar-refractivity contribution in [3.05, 3.63) is 0 Å². The monoisotopic (exact) mass is 402 g/mol. The third-order valence-corrected chi connectivity index (χ3v) is 3.96. The molecule has 0 aliphatic carbocycles. The molecule has 0 radical (unpaired) electrons. The summed E-state index contributed by atoms with van der Waals surface area (Å²) in [7, 11) is 0. The smallest absolute Gasteiger partial charge is 0.326 e. The van der Waals surface area contributed by atoms with Gasteiger partial charge in [-0.2, -0.15) is 0 Å². The van der Waals surface area contributed by atoms with E-state index in [-0.39, 0.29) is 18.9 Å². The van der Waals surface area contributed by atoms with Crippen LogP contribution in [0, 0.1) is 11.8 Å². The van der Waals surface area contributed by atoms with Crippen molar-refractivity contribution in [1.82, 2.24) is 16.0 Å². The highest BCUT2D eigenvalue weighted by molar-refractivity contribution is 5.93. The molecule has 3 amide bonds. The van der Waals surface area contributed by atoms with Crippen LogP contribution in [0.2, 0.25) is 0 Å². The predicted octanol–water partition coefficient (Wildman–Crippen LogP) is -1.34. The average molecular weight is 402 g/mol. The van der Waals surface area contributed by atoms with Crippen molar-refractivity contribution < 1.29 is 34.2 Å². The van der Waals surface area contributed by atoms with E-state index >= 15 is 0 Å². The Labute approximate surface area is 163 Å². The Balaban J connectivity index is 5.38. The number of nitrogens with two attached hydrogens (primary N) is 1. The van der Waals surface area contributed by atoms with E-state index in [0.717, 1.165) is 0 Å². The summed E-state index contributed by atoms with van der Waals surface area (Å²) >= 11 is 0. The van der Waals surface area contributed by atoms with E-state index in [0.29, 0.717) is 0 Å². The summed E-state index contributed by atoms with van der Waals surface area (Å²) in [5.74, 6) is -5.26. The second kappa shape index (κ2) is 11.9. The fraction of sp³-hybridized carbons (Fsp3) is 0.706. The number of carbonyl (C=O) groups excluding carboxylic acids is 3. The Morgan fingerprint density at radius 1 is 0.821 bits per heavy atom. The molecule has 3 atom stereocenters. The molecule has 0 bridgehead atoms. The predicted molar refractivity (Wildman–Crippen MR) is 99.0 cm³/mol. The standard InChI is InChI=1S/C17H30N4O7/c1-8(2)13(20-11(22)7-18)16(26)19-10(5-6-12(23)24)15(25)21-14(9(3)4)17(27)28/h8-10,13-14H,5-7,18H2,1-4H3,(H,19,26)(H,20,22)(H,21,25)(H,23,24)(H,27,28). The minimum Gasteiger partial charge on any atom is -0.481 e. The molecule has 0 aromatic carbocycles. The summed E-state index contributed by atoms with van der Waals surface area (Å²) in [6.45, 7) is 6.22. The van der Waals surface area contributed by atoms with Gasteiger partial charge in [0, 0.05) is 6.42 Å². The molecule has 11 nitrogen and oxygen atoms in total. The molecule has 0 saturated heterocycles. The second-order valence-electron chi connectivity index (χ2n) is 7.06. The summed E-state index contributed by atoms with van der Waals surface area (Å²) < 4.78 is 0. The fourth-order valence-electron chi connectivity index (χ4n) is 2.33. The number of carboxylic acids is 2. The lowest BCUT2D eigenvalue weighted by Gasteiger charge is -2.26. The van der Waals surface area contributed by atoms with E-state index in [1.54, 1.807) is 27.7 Å². The van der Waals surface area contributed by atoms with Crippen LogP contribution in [0.15, 0.2) is 0 Å². The molecule has 0 fully saturated rings. The number of nitrogens with one attached hydrogen (secondary N) is 3. The van der Waals surface area contributed by atoms with E-state index in [4.69, 9.17) is 10.8 Å². The molecule has 0 spiro atoms. The van der Waals surface area contributed by atoms with Gasteiger partial charge in [-0.25, -0.2) is 4.79 Å². The Morgan fingerprint density at radius 3 is 1.75 bits per heavy atom. The SMILES string of the molecule is CC(C)C(NC(=O)C(CCC(=O)O)NC(=O)C(NC(=O)CN)C(C)C)C(=O)O. The van der Waals surface area contributed by atoms with Gasteiger partial charge in [0.25, 0.3) is 0 Å². The van der Waals surface area contributed by atoms with Gasteiger partial charge < -0.3 is 31.9 Å². The van der Waals surface area contributed by atoms with Crippen molar-refractivity contribution in [2.75, 3.05) is 6.54 Å². The first-order valence-corrected chi connectivity index (χ1v) is 8.95. The molecular weight excluding hydrogens is 372 g/mol. The van der Waals surface area contributed by atoms with Gasteiger partial charge in [-0.3, -0.25) is 19.2 Å². The molecule has 0 aromatic heterocycles. The van der Waals surface area contributed by atoms with Crippen LogP contribution in [0.25, 0.3) is 0 Å². The first kappa shape index (κ1) is 25.3.